The van der Waals surface area contributed by atoms with Crippen LogP contribution in [0.15, 0.2) is 54.7 Å². The van der Waals surface area contributed by atoms with E-state index in [0.29, 0.717) is 12.6 Å². The molecule has 0 spiro atoms. The topological polar surface area (TPSA) is 34.6 Å². The van der Waals surface area contributed by atoms with Crippen molar-refractivity contribution in [2.24, 2.45) is 11.8 Å². The average molecular weight is 451 g/mol. The summed E-state index contributed by atoms with van der Waals surface area (Å²) in [4.78, 5) is 7.28. The summed E-state index contributed by atoms with van der Waals surface area (Å²) in [6.45, 7) is 5.23. The number of rotatable bonds is 7. The third kappa shape index (κ3) is 4.24. The minimum atomic E-state index is -0.0242. The average Bonchev–Trinajstić information content (AvgIpc) is 2.85. The summed E-state index contributed by atoms with van der Waals surface area (Å²) in [6.07, 6.45) is 5.65. The van der Waals surface area contributed by atoms with Crippen LogP contribution in [0.1, 0.15) is 43.4 Å². The largest absolute Gasteiger partial charge is 0.497 e. The number of halogens is 1. The number of hydrogen-bond acceptors (Lipinski definition) is 4. The van der Waals surface area contributed by atoms with Crippen LogP contribution < -0.4 is 4.74 Å². The maximum Gasteiger partial charge on any atom is 0.119 e. The second kappa shape index (κ2) is 9.38. The van der Waals surface area contributed by atoms with Gasteiger partial charge >= 0.3 is 0 Å². The summed E-state index contributed by atoms with van der Waals surface area (Å²) >= 11 is 6.09. The van der Waals surface area contributed by atoms with Crippen LogP contribution in [0.4, 0.5) is 0 Å². The van der Waals surface area contributed by atoms with Crippen LogP contribution in [0, 0.1) is 11.8 Å². The molecule has 0 N–H and O–H groups in total. The Bertz CT molecular complexity index is 1070. The van der Waals surface area contributed by atoms with E-state index >= 15 is 0 Å². The van der Waals surface area contributed by atoms with Crippen molar-refractivity contribution in [1.82, 2.24) is 9.88 Å². The Balaban J connectivity index is 1.51. The molecule has 4 heterocycles. The van der Waals surface area contributed by atoms with Crippen molar-refractivity contribution >= 4 is 22.5 Å². The van der Waals surface area contributed by atoms with E-state index in [1.54, 1.807) is 7.11 Å². The van der Waals surface area contributed by atoms with Crippen molar-refractivity contribution in [3.8, 4) is 5.75 Å². The molecule has 5 atom stereocenters. The zero-order valence-electron chi connectivity index (χ0n) is 18.8. The quantitative estimate of drug-likeness (QED) is 0.424. The monoisotopic (exact) mass is 450 g/mol. The van der Waals surface area contributed by atoms with Gasteiger partial charge in [0.25, 0.3) is 0 Å². The predicted octanol–water partition coefficient (Wildman–Crippen LogP) is 6.28. The van der Waals surface area contributed by atoms with Crippen LogP contribution in [-0.4, -0.2) is 36.1 Å². The Morgan fingerprint density at radius 3 is 2.72 bits per heavy atom. The van der Waals surface area contributed by atoms with Gasteiger partial charge in [-0.1, -0.05) is 37.1 Å². The molecular formula is C27H31ClN2O2. The highest BCUT2D eigenvalue weighted by atomic mass is 35.5. The molecule has 3 aromatic rings. The standard InChI is InChI=1S/C27H31ClN2O2/c1-3-19-16-30-13-11-20(19)14-26(30)27(32-17-18-4-6-21(28)7-5-18)23-10-12-29-25-9-8-22(31-2)15-24(23)25/h4-10,12,15,19-20,26-27H,3,11,13-14,16-17H2,1-2H3/t19-,20-,26+,27-/m0/s1. The number of ether oxygens (including phenoxy) is 2. The number of pyridine rings is 1. The van der Waals surface area contributed by atoms with Gasteiger partial charge in [-0.2, -0.15) is 0 Å². The van der Waals surface area contributed by atoms with Gasteiger partial charge < -0.3 is 9.47 Å². The smallest absolute Gasteiger partial charge is 0.119 e. The molecule has 2 bridgehead atoms. The minimum Gasteiger partial charge on any atom is -0.497 e. The van der Waals surface area contributed by atoms with Crippen LogP contribution in [0.3, 0.4) is 0 Å². The summed E-state index contributed by atoms with van der Waals surface area (Å²) in [5.41, 5.74) is 3.32. The lowest BCUT2D eigenvalue weighted by Gasteiger charge is -2.52. The van der Waals surface area contributed by atoms with Gasteiger partial charge in [0.1, 0.15) is 5.75 Å². The lowest BCUT2D eigenvalue weighted by Crippen LogP contribution is -2.55. The third-order valence-corrected chi connectivity index (χ3v) is 7.69. The normalized spacial score (nSPS) is 25.7. The predicted molar refractivity (Wildman–Crippen MR) is 129 cm³/mol. The number of methoxy groups -OCH3 is 1. The van der Waals surface area contributed by atoms with Crippen molar-refractivity contribution in [3.05, 3.63) is 70.9 Å². The van der Waals surface area contributed by atoms with Crippen molar-refractivity contribution in [3.63, 3.8) is 0 Å². The van der Waals surface area contributed by atoms with Gasteiger partial charge in [0.2, 0.25) is 0 Å². The van der Waals surface area contributed by atoms with E-state index in [0.717, 1.165) is 39.1 Å². The third-order valence-electron chi connectivity index (χ3n) is 7.44. The molecule has 3 fully saturated rings. The second-order valence-corrected chi connectivity index (χ2v) is 9.59. The minimum absolute atomic E-state index is 0.0242. The van der Waals surface area contributed by atoms with E-state index in [1.807, 2.05) is 42.6 Å². The van der Waals surface area contributed by atoms with Crippen LogP contribution in [-0.2, 0) is 11.3 Å². The number of piperidine rings is 3. The lowest BCUT2D eigenvalue weighted by atomic mass is 9.72. The maximum atomic E-state index is 6.74. The molecule has 32 heavy (non-hydrogen) atoms. The SMILES string of the molecule is CC[C@H]1CN2CC[C@H]1C[C@@H]2[C@@H](OCc1ccc(Cl)cc1)c1ccnc2ccc(OC)cc12. The molecule has 0 radical (unpaired) electrons. The molecule has 0 saturated carbocycles. The fraction of sp³-hybridized carbons (Fsp3) is 0.444. The molecule has 3 aliphatic rings. The van der Waals surface area contributed by atoms with E-state index in [4.69, 9.17) is 21.1 Å². The van der Waals surface area contributed by atoms with Crippen molar-refractivity contribution in [2.75, 3.05) is 20.2 Å². The molecule has 0 amide bonds. The summed E-state index contributed by atoms with van der Waals surface area (Å²) in [7, 11) is 1.71. The van der Waals surface area contributed by atoms with E-state index in [2.05, 4.69) is 28.9 Å². The maximum absolute atomic E-state index is 6.74. The fourth-order valence-electron chi connectivity index (χ4n) is 5.65. The molecule has 168 valence electrons. The number of nitrogens with zero attached hydrogens (tertiary/aromatic N) is 2. The first-order chi connectivity index (χ1) is 15.7. The number of aromatic nitrogens is 1. The first-order valence-electron chi connectivity index (χ1n) is 11.7. The summed E-state index contributed by atoms with van der Waals surface area (Å²) < 4.78 is 12.3. The summed E-state index contributed by atoms with van der Waals surface area (Å²) in [5, 5.41) is 1.86. The Labute approximate surface area is 195 Å². The lowest BCUT2D eigenvalue weighted by molar-refractivity contribution is -0.0879. The van der Waals surface area contributed by atoms with E-state index in [1.165, 1.54) is 37.9 Å². The summed E-state index contributed by atoms with van der Waals surface area (Å²) in [5.74, 6) is 2.45. The van der Waals surface area contributed by atoms with Gasteiger partial charge in [0.05, 0.1) is 25.3 Å². The van der Waals surface area contributed by atoms with Crippen molar-refractivity contribution in [1.29, 1.82) is 0 Å². The first kappa shape index (κ1) is 21.7. The fourth-order valence-corrected chi connectivity index (χ4v) is 5.78. The first-order valence-corrected chi connectivity index (χ1v) is 12.1. The second-order valence-electron chi connectivity index (χ2n) is 9.16. The van der Waals surface area contributed by atoms with Crippen molar-refractivity contribution < 1.29 is 9.47 Å². The summed E-state index contributed by atoms with van der Waals surface area (Å²) in [6, 6.07) is 16.6. The zero-order valence-corrected chi connectivity index (χ0v) is 19.6. The molecule has 1 aromatic heterocycles. The number of fused-ring (bicyclic) bond motifs is 4. The Kier molecular flexibility index (Phi) is 6.36. The number of benzene rings is 2. The highest BCUT2D eigenvalue weighted by Crippen LogP contribution is 2.44. The van der Waals surface area contributed by atoms with Crippen LogP contribution in [0.5, 0.6) is 5.75 Å². The van der Waals surface area contributed by atoms with Gasteiger partial charge in [-0.3, -0.25) is 9.88 Å². The Morgan fingerprint density at radius 2 is 2.00 bits per heavy atom. The highest BCUT2D eigenvalue weighted by molar-refractivity contribution is 6.30. The zero-order chi connectivity index (χ0) is 22.1. The molecule has 3 saturated heterocycles. The van der Waals surface area contributed by atoms with Gasteiger partial charge in [-0.15, -0.1) is 0 Å². The molecule has 0 aliphatic carbocycles. The molecule has 3 aliphatic heterocycles. The van der Waals surface area contributed by atoms with Crippen LogP contribution >= 0.6 is 11.6 Å². The Hall–Kier alpha value is -2.14. The van der Waals surface area contributed by atoms with Gasteiger partial charge in [0, 0.05) is 29.2 Å². The van der Waals surface area contributed by atoms with Gasteiger partial charge in [0.15, 0.2) is 0 Å². The number of hydrogen-bond donors (Lipinski definition) is 0. The molecule has 1 unspecified atom stereocenters. The van der Waals surface area contributed by atoms with E-state index in [9.17, 15) is 0 Å². The van der Waals surface area contributed by atoms with E-state index in [-0.39, 0.29) is 6.10 Å². The van der Waals surface area contributed by atoms with E-state index < -0.39 is 0 Å². The molecule has 2 aromatic carbocycles. The molecular weight excluding hydrogens is 420 g/mol. The van der Waals surface area contributed by atoms with Crippen LogP contribution in [0.25, 0.3) is 10.9 Å². The van der Waals surface area contributed by atoms with Gasteiger partial charge in [-0.05, 0) is 78.7 Å². The molecule has 4 nitrogen and oxygen atoms in total. The molecule has 5 heteroatoms. The van der Waals surface area contributed by atoms with Crippen LogP contribution in [0.2, 0.25) is 5.02 Å². The highest BCUT2D eigenvalue weighted by Gasteiger charge is 2.43. The molecule has 6 rings (SSSR count). The van der Waals surface area contributed by atoms with Crippen molar-refractivity contribution in [2.45, 2.75) is 44.9 Å². The Morgan fingerprint density at radius 1 is 1.16 bits per heavy atom. The van der Waals surface area contributed by atoms with Gasteiger partial charge in [-0.25, -0.2) is 0 Å².